The zero-order chi connectivity index (χ0) is 22.1. The third-order valence-corrected chi connectivity index (χ3v) is 6.24. The first-order valence-corrected chi connectivity index (χ1v) is 11.6. The van der Waals surface area contributed by atoms with E-state index in [2.05, 4.69) is 25.8 Å². The highest BCUT2D eigenvalue weighted by atomic mass is 32.2. The number of rotatable bonds is 6. The van der Waals surface area contributed by atoms with Crippen molar-refractivity contribution in [2.75, 3.05) is 11.6 Å². The summed E-state index contributed by atoms with van der Waals surface area (Å²) >= 11 is 1.14. The van der Waals surface area contributed by atoms with Gasteiger partial charge in [0.15, 0.2) is 15.0 Å². The van der Waals surface area contributed by atoms with E-state index in [1.54, 1.807) is 6.92 Å². The molecular formula is C18H20FN5O4S2. The molecule has 3 rings (SSSR count). The Bertz CT molecular complexity index is 1190. The summed E-state index contributed by atoms with van der Waals surface area (Å²) in [5, 5.41) is 13.2. The van der Waals surface area contributed by atoms with Crippen LogP contribution in [0.15, 0.2) is 27.5 Å². The third-order valence-electron chi connectivity index (χ3n) is 3.99. The number of nitrogens with one attached hydrogen (secondary N) is 2. The van der Waals surface area contributed by atoms with Gasteiger partial charge >= 0.3 is 6.03 Å². The first kappa shape index (κ1) is 21.8. The zero-order valence-electron chi connectivity index (χ0n) is 16.7. The van der Waals surface area contributed by atoms with Crippen LogP contribution in [-0.4, -0.2) is 35.9 Å². The van der Waals surface area contributed by atoms with Crippen molar-refractivity contribution in [3.05, 3.63) is 41.5 Å². The number of aryl methyl sites for hydroxylation is 1. The van der Waals surface area contributed by atoms with Crippen molar-refractivity contribution in [2.45, 2.75) is 38.1 Å². The summed E-state index contributed by atoms with van der Waals surface area (Å²) in [6.07, 6.45) is 0.946. The number of sulfone groups is 1. The number of benzene rings is 1. The fourth-order valence-electron chi connectivity index (χ4n) is 2.53. The Kier molecular flexibility index (Phi) is 6.17. The van der Waals surface area contributed by atoms with E-state index >= 15 is 0 Å². The summed E-state index contributed by atoms with van der Waals surface area (Å²) in [5.74, 6) is 0.0244. The van der Waals surface area contributed by atoms with Crippen LogP contribution in [-0.2, 0) is 16.4 Å². The van der Waals surface area contributed by atoms with E-state index < -0.39 is 21.7 Å². The standard InChI is InChI=1S/C18H20FN5O4S2/c1-9(2)16-24-23-14(28-16)8-20-17(25)22-18-21-10(3)15(29-18)11-5-6-13(12(19)7-11)30(4,26)27/h5-7,9H,8H2,1-4H3,(H2,20,21,22,25). The molecule has 9 nitrogen and oxygen atoms in total. The second-order valence-corrected chi connectivity index (χ2v) is 9.83. The van der Waals surface area contributed by atoms with Gasteiger partial charge in [0.25, 0.3) is 0 Å². The number of aromatic nitrogens is 3. The lowest BCUT2D eigenvalue weighted by Gasteiger charge is -2.04. The molecule has 2 aromatic heterocycles. The second-order valence-electron chi connectivity index (χ2n) is 6.85. The molecule has 0 saturated heterocycles. The van der Waals surface area contributed by atoms with E-state index in [0.717, 1.165) is 23.7 Å². The minimum Gasteiger partial charge on any atom is -0.423 e. The van der Waals surface area contributed by atoms with Crippen molar-refractivity contribution in [1.29, 1.82) is 0 Å². The quantitative estimate of drug-likeness (QED) is 0.585. The van der Waals surface area contributed by atoms with Gasteiger partial charge in [-0.3, -0.25) is 5.32 Å². The number of thiazole rings is 1. The molecule has 160 valence electrons. The Morgan fingerprint density at radius 1 is 1.30 bits per heavy atom. The maximum absolute atomic E-state index is 14.2. The van der Waals surface area contributed by atoms with Gasteiger partial charge in [-0.15, -0.1) is 10.2 Å². The Labute approximate surface area is 176 Å². The molecule has 2 amide bonds. The van der Waals surface area contributed by atoms with Crippen LogP contribution in [0.3, 0.4) is 0 Å². The number of hydrogen-bond acceptors (Lipinski definition) is 8. The van der Waals surface area contributed by atoms with Gasteiger partial charge < -0.3 is 9.73 Å². The smallest absolute Gasteiger partial charge is 0.321 e. The van der Waals surface area contributed by atoms with Crippen LogP contribution in [0.25, 0.3) is 10.4 Å². The third kappa shape index (κ3) is 5.00. The zero-order valence-corrected chi connectivity index (χ0v) is 18.3. The lowest BCUT2D eigenvalue weighted by Crippen LogP contribution is -2.28. The van der Waals surface area contributed by atoms with Crippen LogP contribution in [0, 0.1) is 12.7 Å². The lowest BCUT2D eigenvalue weighted by molar-refractivity contribution is 0.250. The SMILES string of the molecule is Cc1nc(NC(=O)NCc2nnc(C(C)C)o2)sc1-c1ccc(S(C)(=O)=O)c(F)c1. The number of carbonyl (C=O) groups is 1. The predicted molar refractivity (Wildman–Crippen MR) is 110 cm³/mol. The molecular weight excluding hydrogens is 433 g/mol. The average Bonchev–Trinajstić information content (AvgIpc) is 3.25. The molecule has 0 radical (unpaired) electrons. The van der Waals surface area contributed by atoms with Gasteiger partial charge in [-0.05, 0) is 24.6 Å². The monoisotopic (exact) mass is 453 g/mol. The summed E-state index contributed by atoms with van der Waals surface area (Å²) in [6.45, 7) is 5.60. The van der Waals surface area contributed by atoms with Crippen LogP contribution in [0.2, 0.25) is 0 Å². The van der Waals surface area contributed by atoms with Gasteiger partial charge in [-0.2, -0.15) is 0 Å². The van der Waals surface area contributed by atoms with Crippen molar-refractivity contribution in [1.82, 2.24) is 20.5 Å². The van der Waals surface area contributed by atoms with E-state index in [9.17, 15) is 17.6 Å². The topological polar surface area (TPSA) is 127 Å². The molecule has 0 aliphatic carbocycles. The average molecular weight is 454 g/mol. The Morgan fingerprint density at radius 2 is 2.03 bits per heavy atom. The summed E-state index contributed by atoms with van der Waals surface area (Å²) in [4.78, 5) is 16.6. The fraction of sp³-hybridized carbons (Fsp3) is 0.333. The highest BCUT2D eigenvalue weighted by Gasteiger charge is 2.18. The molecule has 30 heavy (non-hydrogen) atoms. The van der Waals surface area contributed by atoms with E-state index in [1.165, 1.54) is 12.1 Å². The van der Waals surface area contributed by atoms with Gasteiger partial charge in [0.1, 0.15) is 10.7 Å². The van der Waals surface area contributed by atoms with Crippen LogP contribution >= 0.6 is 11.3 Å². The highest BCUT2D eigenvalue weighted by Crippen LogP contribution is 2.34. The van der Waals surface area contributed by atoms with Gasteiger partial charge in [0.2, 0.25) is 11.8 Å². The van der Waals surface area contributed by atoms with Crippen LogP contribution in [0.4, 0.5) is 14.3 Å². The summed E-state index contributed by atoms with van der Waals surface area (Å²) in [5.41, 5.74) is 1.04. The maximum Gasteiger partial charge on any atom is 0.321 e. The number of hydrogen-bond donors (Lipinski definition) is 2. The number of amides is 2. The fourth-order valence-corrected chi connectivity index (χ4v) is 4.22. The van der Waals surface area contributed by atoms with Crippen LogP contribution < -0.4 is 10.6 Å². The van der Waals surface area contributed by atoms with Crippen molar-refractivity contribution in [2.24, 2.45) is 0 Å². The normalized spacial score (nSPS) is 11.7. The van der Waals surface area contributed by atoms with Gasteiger partial charge in [0.05, 0.1) is 17.1 Å². The lowest BCUT2D eigenvalue weighted by atomic mass is 10.1. The molecule has 0 fully saturated rings. The van der Waals surface area contributed by atoms with Crippen LogP contribution in [0.5, 0.6) is 0 Å². The Morgan fingerprint density at radius 3 is 2.63 bits per heavy atom. The van der Waals surface area contributed by atoms with Crippen molar-refractivity contribution in [3.8, 4) is 10.4 Å². The molecule has 0 saturated carbocycles. The number of carbonyl (C=O) groups excluding carboxylic acids is 1. The van der Waals surface area contributed by atoms with Gasteiger partial charge in [-0.1, -0.05) is 31.3 Å². The summed E-state index contributed by atoms with van der Waals surface area (Å²) in [6, 6.07) is 3.35. The van der Waals surface area contributed by atoms with E-state index in [-0.39, 0.29) is 23.2 Å². The minimum absolute atomic E-state index is 0.0565. The molecule has 3 aromatic rings. The number of anilines is 1. The van der Waals surface area contributed by atoms with Crippen molar-refractivity contribution < 1.29 is 22.0 Å². The van der Waals surface area contributed by atoms with Crippen molar-refractivity contribution >= 4 is 32.3 Å². The largest absolute Gasteiger partial charge is 0.423 e. The molecule has 1 aromatic carbocycles. The van der Waals surface area contributed by atoms with Gasteiger partial charge in [0, 0.05) is 12.2 Å². The van der Waals surface area contributed by atoms with E-state index in [1.807, 2.05) is 13.8 Å². The van der Waals surface area contributed by atoms with E-state index in [4.69, 9.17) is 4.42 Å². The van der Waals surface area contributed by atoms with E-state index in [0.29, 0.717) is 27.2 Å². The molecule has 0 atom stereocenters. The molecule has 0 unspecified atom stereocenters. The van der Waals surface area contributed by atoms with Crippen molar-refractivity contribution in [3.63, 3.8) is 0 Å². The predicted octanol–water partition coefficient (Wildman–Crippen LogP) is 3.49. The maximum atomic E-state index is 14.2. The summed E-state index contributed by atoms with van der Waals surface area (Å²) < 4.78 is 42.8. The molecule has 12 heteroatoms. The molecule has 2 N–H and O–H groups in total. The van der Waals surface area contributed by atoms with Gasteiger partial charge in [-0.25, -0.2) is 22.6 Å². The van der Waals surface area contributed by atoms with Crippen LogP contribution in [0.1, 0.15) is 37.2 Å². The second kappa shape index (κ2) is 8.48. The molecule has 0 aliphatic heterocycles. The number of halogens is 1. The number of nitrogens with zero attached hydrogens (tertiary/aromatic N) is 3. The Hall–Kier alpha value is -2.86. The first-order valence-electron chi connectivity index (χ1n) is 8.89. The number of urea groups is 1. The molecule has 0 aliphatic rings. The molecule has 0 bridgehead atoms. The highest BCUT2D eigenvalue weighted by molar-refractivity contribution is 7.90. The summed E-state index contributed by atoms with van der Waals surface area (Å²) in [7, 11) is -3.66. The first-order chi connectivity index (χ1) is 14.0. The Balaban J connectivity index is 1.68. The minimum atomic E-state index is -3.66. The molecule has 0 spiro atoms. The molecule has 2 heterocycles.